The van der Waals surface area contributed by atoms with Gasteiger partial charge in [-0.3, -0.25) is 4.90 Å². The fraction of sp³-hybridized carbons (Fsp3) is 1.00. The van der Waals surface area contributed by atoms with Gasteiger partial charge in [0.2, 0.25) is 0 Å². The number of hydrogen-bond donors (Lipinski definition) is 1. The van der Waals surface area contributed by atoms with Crippen LogP contribution in [0.2, 0.25) is 0 Å². The third-order valence-corrected chi connectivity index (χ3v) is 4.60. The summed E-state index contributed by atoms with van der Waals surface area (Å²) in [6, 6.07) is 1.67. The second kappa shape index (κ2) is 6.17. The molecule has 0 amide bonds. The number of nitrogens with one attached hydrogen (secondary N) is 1. The van der Waals surface area contributed by atoms with E-state index in [9.17, 15) is 0 Å². The highest BCUT2D eigenvalue weighted by molar-refractivity contribution is 4.94. The van der Waals surface area contributed by atoms with Crippen LogP contribution in [0.3, 0.4) is 0 Å². The fourth-order valence-corrected chi connectivity index (χ4v) is 3.23. The molecule has 0 radical (unpaired) electrons. The number of nitrogens with zero attached hydrogens (tertiary/aromatic N) is 2. The van der Waals surface area contributed by atoms with E-state index in [4.69, 9.17) is 0 Å². The number of likely N-dealkylation sites (tertiary alicyclic amines) is 1. The van der Waals surface area contributed by atoms with Gasteiger partial charge in [0, 0.05) is 25.2 Å². The molecule has 17 heavy (non-hydrogen) atoms. The van der Waals surface area contributed by atoms with Crippen molar-refractivity contribution in [2.24, 2.45) is 5.92 Å². The van der Waals surface area contributed by atoms with Crippen LogP contribution in [0, 0.1) is 5.92 Å². The van der Waals surface area contributed by atoms with E-state index in [1.54, 1.807) is 0 Å². The van der Waals surface area contributed by atoms with Crippen LogP contribution in [0.4, 0.5) is 0 Å². The molecule has 2 rings (SSSR count). The van der Waals surface area contributed by atoms with E-state index in [1.165, 1.54) is 51.9 Å². The molecule has 0 bridgehead atoms. The van der Waals surface area contributed by atoms with Crippen LogP contribution < -0.4 is 5.32 Å². The predicted octanol–water partition coefficient (Wildman–Crippen LogP) is 1.40. The average molecular weight is 239 g/mol. The Morgan fingerprint density at radius 3 is 2.59 bits per heavy atom. The van der Waals surface area contributed by atoms with Crippen molar-refractivity contribution in [1.82, 2.24) is 15.1 Å². The van der Waals surface area contributed by atoms with Crippen molar-refractivity contribution in [3.63, 3.8) is 0 Å². The molecular weight excluding hydrogens is 210 g/mol. The first-order valence-corrected chi connectivity index (χ1v) is 7.33. The summed E-state index contributed by atoms with van der Waals surface area (Å²) in [6.45, 7) is 7.28. The molecule has 1 N–H and O–H groups in total. The molecule has 3 atom stereocenters. The van der Waals surface area contributed by atoms with Crippen LogP contribution in [0.1, 0.15) is 32.6 Å². The zero-order valence-electron chi connectivity index (χ0n) is 11.8. The highest BCUT2D eigenvalue weighted by Crippen LogP contribution is 2.34. The number of rotatable bonds is 6. The topological polar surface area (TPSA) is 18.5 Å². The monoisotopic (exact) mass is 239 g/mol. The van der Waals surface area contributed by atoms with Gasteiger partial charge in [0.15, 0.2) is 0 Å². The van der Waals surface area contributed by atoms with Gasteiger partial charge in [-0.15, -0.1) is 0 Å². The molecule has 0 aromatic heterocycles. The molecule has 0 aromatic carbocycles. The molecular formula is C14H29N3. The lowest BCUT2D eigenvalue weighted by Crippen LogP contribution is -2.50. The first-order valence-electron chi connectivity index (χ1n) is 7.33. The predicted molar refractivity (Wildman–Crippen MR) is 73.3 cm³/mol. The molecule has 0 aromatic rings. The van der Waals surface area contributed by atoms with E-state index in [-0.39, 0.29) is 0 Å². The molecule has 0 spiro atoms. The minimum atomic E-state index is 0.792. The van der Waals surface area contributed by atoms with Crippen LogP contribution in [0.25, 0.3) is 0 Å². The third kappa shape index (κ3) is 3.21. The highest BCUT2D eigenvalue weighted by Gasteiger charge is 2.38. The van der Waals surface area contributed by atoms with Crippen molar-refractivity contribution in [3.05, 3.63) is 0 Å². The van der Waals surface area contributed by atoms with Gasteiger partial charge in [-0.05, 0) is 58.8 Å². The van der Waals surface area contributed by atoms with E-state index < -0.39 is 0 Å². The lowest BCUT2D eigenvalue weighted by Gasteiger charge is -2.43. The van der Waals surface area contributed by atoms with Gasteiger partial charge < -0.3 is 10.2 Å². The Morgan fingerprint density at radius 1 is 1.24 bits per heavy atom. The highest BCUT2D eigenvalue weighted by atomic mass is 15.3. The maximum Gasteiger partial charge on any atom is 0.0229 e. The minimum Gasteiger partial charge on any atom is -0.316 e. The first kappa shape index (κ1) is 13.3. The van der Waals surface area contributed by atoms with Crippen molar-refractivity contribution in [2.45, 2.75) is 44.7 Å². The summed E-state index contributed by atoms with van der Waals surface area (Å²) in [7, 11) is 4.43. The maximum absolute atomic E-state index is 3.59. The molecule has 3 heteroatoms. The molecule has 1 aliphatic carbocycles. The summed E-state index contributed by atoms with van der Waals surface area (Å²) in [5.41, 5.74) is 0. The van der Waals surface area contributed by atoms with E-state index in [2.05, 4.69) is 36.1 Å². The van der Waals surface area contributed by atoms with Crippen molar-refractivity contribution in [2.75, 3.05) is 40.3 Å². The summed E-state index contributed by atoms with van der Waals surface area (Å²) in [5.74, 6) is 0.919. The summed E-state index contributed by atoms with van der Waals surface area (Å²) in [4.78, 5) is 5.13. The normalized spacial score (nSPS) is 34.2. The molecule has 1 saturated heterocycles. The summed E-state index contributed by atoms with van der Waals surface area (Å²) in [5, 5.41) is 3.59. The zero-order chi connectivity index (χ0) is 12.3. The second-order valence-corrected chi connectivity index (χ2v) is 6.01. The quantitative estimate of drug-likeness (QED) is 0.707. The maximum atomic E-state index is 3.59. The van der Waals surface area contributed by atoms with Gasteiger partial charge in [0.25, 0.3) is 0 Å². The summed E-state index contributed by atoms with van der Waals surface area (Å²) >= 11 is 0. The summed E-state index contributed by atoms with van der Waals surface area (Å²) < 4.78 is 0. The smallest absolute Gasteiger partial charge is 0.0229 e. The van der Waals surface area contributed by atoms with Gasteiger partial charge in [-0.2, -0.15) is 0 Å². The molecule has 100 valence electrons. The molecule has 2 aliphatic rings. The van der Waals surface area contributed by atoms with Crippen LogP contribution >= 0.6 is 0 Å². The Kier molecular flexibility index (Phi) is 4.83. The van der Waals surface area contributed by atoms with Gasteiger partial charge >= 0.3 is 0 Å². The first-order chi connectivity index (χ1) is 8.22. The lowest BCUT2D eigenvalue weighted by molar-refractivity contribution is 0.0767. The van der Waals surface area contributed by atoms with Crippen LogP contribution in [-0.4, -0.2) is 62.2 Å². The van der Waals surface area contributed by atoms with Crippen LogP contribution in [0.15, 0.2) is 0 Å². The second-order valence-electron chi connectivity index (χ2n) is 6.01. The Bertz CT molecular complexity index is 230. The molecule has 1 heterocycles. The van der Waals surface area contributed by atoms with E-state index in [1.807, 2.05) is 0 Å². The third-order valence-electron chi connectivity index (χ3n) is 4.60. The SMILES string of the molecule is CCCNCC1CCC1N1CCC(N(C)C)C1. The Balaban J connectivity index is 1.72. The largest absolute Gasteiger partial charge is 0.316 e. The van der Waals surface area contributed by atoms with Crippen molar-refractivity contribution < 1.29 is 0 Å². The van der Waals surface area contributed by atoms with Crippen molar-refractivity contribution in [1.29, 1.82) is 0 Å². The molecule has 3 unspecified atom stereocenters. The Hall–Kier alpha value is -0.120. The average Bonchev–Trinajstić information content (AvgIpc) is 2.72. The fourth-order valence-electron chi connectivity index (χ4n) is 3.23. The Morgan fingerprint density at radius 2 is 2.06 bits per heavy atom. The lowest BCUT2D eigenvalue weighted by atomic mass is 9.78. The summed E-state index contributed by atoms with van der Waals surface area (Å²) in [6.07, 6.45) is 5.48. The Labute approximate surface area is 107 Å². The molecule has 1 aliphatic heterocycles. The number of hydrogen-bond acceptors (Lipinski definition) is 3. The van der Waals surface area contributed by atoms with Crippen molar-refractivity contribution >= 4 is 0 Å². The number of likely N-dealkylation sites (N-methyl/N-ethyl adjacent to an activating group) is 1. The van der Waals surface area contributed by atoms with Gasteiger partial charge in [0.05, 0.1) is 0 Å². The van der Waals surface area contributed by atoms with E-state index >= 15 is 0 Å². The zero-order valence-corrected chi connectivity index (χ0v) is 11.8. The van der Waals surface area contributed by atoms with E-state index in [0.717, 1.165) is 18.0 Å². The van der Waals surface area contributed by atoms with E-state index in [0.29, 0.717) is 0 Å². The van der Waals surface area contributed by atoms with Gasteiger partial charge in [-0.25, -0.2) is 0 Å². The van der Waals surface area contributed by atoms with Gasteiger partial charge in [0.1, 0.15) is 0 Å². The van der Waals surface area contributed by atoms with Crippen LogP contribution in [-0.2, 0) is 0 Å². The van der Waals surface area contributed by atoms with Gasteiger partial charge in [-0.1, -0.05) is 6.92 Å². The minimum absolute atomic E-state index is 0.792. The standard InChI is InChI=1S/C14H29N3/c1-4-8-15-10-12-5-6-14(12)17-9-7-13(11-17)16(2)3/h12-15H,4-11H2,1-3H3. The molecule has 3 nitrogen and oxygen atoms in total. The van der Waals surface area contributed by atoms with Crippen LogP contribution in [0.5, 0.6) is 0 Å². The molecule has 1 saturated carbocycles. The van der Waals surface area contributed by atoms with Crippen molar-refractivity contribution in [3.8, 4) is 0 Å². The molecule has 2 fully saturated rings.